The lowest BCUT2D eigenvalue weighted by atomic mass is 9.92. The van der Waals surface area contributed by atoms with Crippen molar-refractivity contribution in [3.8, 4) is 0 Å². The Hall–Kier alpha value is -0.990. The summed E-state index contributed by atoms with van der Waals surface area (Å²) in [6, 6.07) is 0. The molecule has 0 aromatic carbocycles. The zero-order chi connectivity index (χ0) is 13.6. The number of carbonyl (C=O) groups excluding carboxylic acids is 1. The summed E-state index contributed by atoms with van der Waals surface area (Å²) in [6.45, 7) is 8.07. The minimum atomic E-state index is -0.284. The van der Waals surface area contributed by atoms with Crippen LogP contribution in [0.2, 0.25) is 0 Å². The normalized spacial score (nSPS) is 20.4. The zero-order valence-corrected chi connectivity index (χ0v) is 12.2. The van der Waals surface area contributed by atoms with E-state index in [9.17, 15) is 4.79 Å². The molecule has 0 heterocycles. The van der Waals surface area contributed by atoms with Crippen LogP contribution in [0.4, 0.5) is 4.79 Å². The fourth-order valence-corrected chi connectivity index (χ4v) is 2.12. The molecule has 1 aliphatic rings. The van der Waals surface area contributed by atoms with Gasteiger partial charge in [-0.25, -0.2) is 4.79 Å². The molecule has 0 aromatic heterocycles. The van der Waals surface area contributed by atoms with Gasteiger partial charge in [0, 0.05) is 5.54 Å². The quantitative estimate of drug-likeness (QED) is 0.766. The predicted molar refractivity (Wildman–Crippen MR) is 74.6 cm³/mol. The molecule has 0 aliphatic heterocycles. The number of unbranched alkanes of at least 4 members (excludes halogenated alkanes) is 1. The summed E-state index contributed by atoms with van der Waals surface area (Å²) in [5.74, 6) is 0. The molecule has 1 aliphatic carbocycles. The highest BCUT2D eigenvalue weighted by molar-refractivity contribution is 5.68. The second kappa shape index (κ2) is 6.81. The van der Waals surface area contributed by atoms with E-state index in [-0.39, 0.29) is 17.7 Å². The Balaban J connectivity index is 2.29. The third-order valence-electron chi connectivity index (χ3n) is 3.05. The maximum atomic E-state index is 11.6. The van der Waals surface area contributed by atoms with E-state index in [0.717, 1.165) is 25.7 Å². The largest absolute Gasteiger partial charge is 0.446 e. The third kappa shape index (κ3) is 6.08. The molecule has 1 N–H and O–H groups in total. The van der Waals surface area contributed by atoms with E-state index < -0.39 is 0 Å². The Labute approximate surface area is 111 Å². The van der Waals surface area contributed by atoms with Crippen molar-refractivity contribution in [2.45, 2.75) is 77.9 Å². The van der Waals surface area contributed by atoms with Gasteiger partial charge in [-0.3, -0.25) is 0 Å². The number of nitrogens with one attached hydrogen (secondary N) is 1. The minimum Gasteiger partial charge on any atom is -0.446 e. The summed E-state index contributed by atoms with van der Waals surface area (Å²) in [4.78, 5) is 11.6. The minimum absolute atomic E-state index is 0.0890. The van der Waals surface area contributed by atoms with Crippen molar-refractivity contribution >= 4 is 6.09 Å². The van der Waals surface area contributed by atoms with Gasteiger partial charge in [0.2, 0.25) is 0 Å². The second-order valence-corrected chi connectivity index (χ2v) is 6.13. The van der Waals surface area contributed by atoms with Crippen LogP contribution >= 0.6 is 0 Å². The molecule has 0 aromatic rings. The van der Waals surface area contributed by atoms with Crippen molar-refractivity contribution in [2.24, 2.45) is 0 Å². The summed E-state index contributed by atoms with van der Waals surface area (Å²) in [7, 11) is 0. The molecule has 1 rings (SSSR count). The lowest BCUT2D eigenvalue weighted by Crippen LogP contribution is -2.42. The Bertz CT molecular complexity index is 292. The maximum Gasteiger partial charge on any atom is 0.407 e. The van der Waals surface area contributed by atoms with Gasteiger partial charge in [-0.15, -0.1) is 0 Å². The van der Waals surface area contributed by atoms with Crippen LogP contribution in [0.3, 0.4) is 0 Å². The van der Waals surface area contributed by atoms with Crippen molar-refractivity contribution in [3.63, 3.8) is 0 Å². The molecule has 3 nitrogen and oxygen atoms in total. The van der Waals surface area contributed by atoms with Gasteiger partial charge in [-0.2, -0.15) is 0 Å². The second-order valence-electron chi connectivity index (χ2n) is 6.13. The van der Waals surface area contributed by atoms with Crippen LogP contribution in [0, 0.1) is 0 Å². The lowest BCUT2D eigenvalue weighted by Gasteiger charge is -2.26. The average molecular weight is 253 g/mol. The van der Waals surface area contributed by atoms with Gasteiger partial charge in [0.25, 0.3) is 0 Å². The highest BCUT2D eigenvalue weighted by Crippen LogP contribution is 2.26. The van der Waals surface area contributed by atoms with E-state index in [2.05, 4.69) is 18.3 Å². The van der Waals surface area contributed by atoms with Crippen molar-refractivity contribution in [1.29, 1.82) is 0 Å². The number of hydrogen-bond acceptors (Lipinski definition) is 2. The first kappa shape index (κ1) is 15.1. The standard InChI is InChI=1S/C15H27NO2/c1-5-6-7-12-8-10-13(11-9-12)18-14(17)16-15(2,3)4/h7,13H,5-6,8-11H2,1-4H3,(H,16,17). The molecular weight excluding hydrogens is 226 g/mol. The molecule has 104 valence electrons. The van der Waals surface area contributed by atoms with Gasteiger partial charge < -0.3 is 10.1 Å². The first-order chi connectivity index (χ1) is 8.40. The van der Waals surface area contributed by atoms with E-state index >= 15 is 0 Å². The van der Waals surface area contributed by atoms with Crippen LogP contribution in [-0.4, -0.2) is 17.7 Å². The molecule has 0 saturated heterocycles. The molecule has 1 amide bonds. The van der Waals surface area contributed by atoms with Gasteiger partial charge in [0.05, 0.1) is 0 Å². The predicted octanol–water partition coefficient (Wildman–Crippen LogP) is 4.18. The number of ether oxygens (including phenoxy) is 1. The molecule has 1 saturated carbocycles. The SMILES string of the molecule is CCCC=C1CCC(OC(=O)NC(C)(C)C)CC1. The molecule has 0 radical (unpaired) electrons. The summed E-state index contributed by atoms with van der Waals surface area (Å²) in [6.07, 6.45) is 8.62. The smallest absolute Gasteiger partial charge is 0.407 e. The molecule has 3 heteroatoms. The van der Waals surface area contributed by atoms with Crippen LogP contribution in [0.5, 0.6) is 0 Å². The van der Waals surface area contributed by atoms with Gasteiger partial charge in [0.15, 0.2) is 0 Å². The van der Waals surface area contributed by atoms with E-state index in [1.807, 2.05) is 20.8 Å². The highest BCUT2D eigenvalue weighted by Gasteiger charge is 2.22. The summed E-state index contributed by atoms with van der Waals surface area (Å²) >= 11 is 0. The molecule has 0 unspecified atom stereocenters. The van der Waals surface area contributed by atoms with Crippen LogP contribution < -0.4 is 5.32 Å². The van der Waals surface area contributed by atoms with Gasteiger partial charge >= 0.3 is 6.09 Å². The molecular formula is C15H27NO2. The Morgan fingerprint density at radius 3 is 2.50 bits per heavy atom. The molecule has 0 atom stereocenters. The number of rotatable bonds is 3. The molecule has 0 bridgehead atoms. The fraction of sp³-hybridized carbons (Fsp3) is 0.800. The molecule has 0 spiro atoms. The van der Waals surface area contributed by atoms with Crippen molar-refractivity contribution in [3.05, 3.63) is 11.6 Å². The Morgan fingerprint density at radius 1 is 1.39 bits per heavy atom. The molecule has 18 heavy (non-hydrogen) atoms. The monoisotopic (exact) mass is 253 g/mol. The third-order valence-corrected chi connectivity index (χ3v) is 3.05. The van der Waals surface area contributed by atoms with E-state index in [0.29, 0.717) is 0 Å². The van der Waals surface area contributed by atoms with Crippen LogP contribution in [-0.2, 0) is 4.74 Å². The van der Waals surface area contributed by atoms with Crippen LogP contribution in [0.1, 0.15) is 66.2 Å². The van der Waals surface area contributed by atoms with Gasteiger partial charge in [-0.05, 0) is 52.9 Å². The summed E-state index contributed by atoms with van der Waals surface area (Å²) in [5.41, 5.74) is 1.31. The van der Waals surface area contributed by atoms with E-state index in [4.69, 9.17) is 4.74 Å². The van der Waals surface area contributed by atoms with Gasteiger partial charge in [0.1, 0.15) is 6.10 Å². The number of amides is 1. The summed E-state index contributed by atoms with van der Waals surface area (Å²) in [5, 5.41) is 2.84. The zero-order valence-electron chi connectivity index (χ0n) is 12.2. The number of carbonyl (C=O) groups is 1. The average Bonchev–Trinajstić information content (AvgIpc) is 2.25. The van der Waals surface area contributed by atoms with Crippen LogP contribution in [0.25, 0.3) is 0 Å². The van der Waals surface area contributed by atoms with E-state index in [1.54, 1.807) is 0 Å². The first-order valence-electron chi connectivity index (χ1n) is 7.07. The van der Waals surface area contributed by atoms with Gasteiger partial charge in [-0.1, -0.05) is 25.0 Å². The Kier molecular flexibility index (Phi) is 5.70. The number of hydrogen-bond donors (Lipinski definition) is 1. The van der Waals surface area contributed by atoms with Crippen molar-refractivity contribution < 1.29 is 9.53 Å². The van der Waals surface area contributed by atoms with Crippen molar-refractivity contribution in [1.82, 2.24) is 5.32 Å². The van der Waals surface area contributed by atoms with E-state index in [1.165, 1.54) is 18.4 Å². The lowest BCUT2D eigenvalue weighted by molar-refractivity contribution is 0.0765. The summed E-state index contributed by atoms with van der Waals surface area (Å²) < 4.78 is 5.44. The maximum absolute atomic E-state index is 11.6. The van der Waals surface area contributed by atoms with Crippen molar-refractivity contribution in [2.75, 3.05) is 0 Å². The molecule has 1 fully saturated rings. The number of allylic oxidation sites excluding steroid dienone is 2. The van der Waals surface area contributed by atoms with Crippen LogP contribution in [0.15, 0.2) is 11.6 Å². The Morgan fingerprint density at radius 2 is 2.00 bits per heavy atom. The first-order valence-corrected chi connectivity index (χ1v) is 7.07. The highest BCUT2D eigenvalue weighted by atomic mass is 16.6. The fourth-order valence-electron chi connectivity index (χ4n) is 2.12. The number of alkyl carbamates (subject to hydrolysis) is 1. The topological polar surface area (TPSA) is 38.3 Å².